The number of rotatable bonds is 5. The summed E-state index contributed by atoms with van der Waals surface area (Å²) in [5.41, 5.74) is 0. The Morgan fingerprint density at radius 1 is 1.41 bits per heavy atom. The van der Waals surface area contributed by atoms with Crippen LogP contribution in [0.4, 0.5) is 0 Å². The van der Waals surface area contributed by atoms with E-state index in [0.717, 1.165) is 12.8 Å². The fraction of sp³-hybridized carbons (Fsp3) is 0.727. The summed E-state index contributed by atoms with van der Waals surface area (Å²) in [5.74, 6) is 0.639. The molecule has 96 valence electrons. The van der Waals surface area contributed by atoms with Crippen molar-refractivity contribution in [2.24, 2.45) is 0 Å². The van der Waals surface area contributed by atoms with E-state index in [9.17, 15) is 8.42 Å². The molecule has 6 heteroatoms. The lowest BCUT2D eigenvalue weighted by atomic mass is 10.4. The monoisotopic (exact) mass is 257 g/mol. The molecule has 0 aliphatic heterocycles. The average molecular weight is 257 g/mol. The van der Waals surface area contributed by atoms with Crippen LogP contribution in [0.1, 0.15) is 50.7 Å². The molecule has 1 aromatic heterocycles. The second kappa shape index (κ2) is 4.42. The van der Waals surface area contributed by atoms with Gasteiger partial charge in [-0.25, -0.2) is 18.1 Å². The second-order valence-electron chi connectivity index (χ2n) is 4.88. The lowest BCUT2D eigenvalue weighted by molar-refractivity contribution is 0.551. The van der Waals surface area contributed by atoms with Crippen molar-refractivity contribution in [1.29, 1.82) is 0 Å². The van der Waals surface area contributed by atoms with Crippen LogP contribution in [0.5, 0.6) is 0 Å². The maximum Gasteiger partial charge on any atom is 0.221 e. The zero-order chi connectivity index (χ0) is 12.6. The molecule has 0 radical (unpaired) electrons. The lowest BCUT2D eigenvalue weighted by Gasteiger charge is -2.17. The van der Waals surface area contributed by atoms with Gasteiger partial charge in [0.1, 0.15) is 11.1 Å². The van der Waals surface area contributed by atoms with Gasteiger partial charge in [-0.05, 0) is 33.6 Å². The van der Waals surface area contributed by atoms with Crippen molar-refractivity contribution >= 4 is 10.0 Å². The molecule has 0 bridgehead atoms. The first kappa shape index (κ1) is 12.6. The van der Waals surface area contributed by atoms with Crippen LogP contribution in [0.3, 0.4) is 0 Å². The first-order chi connectivity index (χ1) is 7.92. The van der Waals surface area contributed by atoms with Crippen LogP contribution in [0.2, 0.25) is 0 Å². The van der Waals surface area contributed by atoms with E-state index in [2.05, 4.69) is 9.71 Å². The van der Waals surface area contributed by atoms with E-state index in [1.165, 1.54) is 0 Å². The van der Waals surface area contributed by atoms with Crippen LogP contribution < -0.4 is 4.72 Å². The van der Waals surface area contributed by atoms with Gasteiger partial charge in [0.05, 0.1) is 0 Å². The highest BCUT2D eigenvalue weighted by Gasteiger charge is 2.32. The molecule has 1 aliphatic rings. The van der Waals surface area contributed by atoms with Gasteiger partial charge < -0.3 is 4.57 Å². The quantitative estimate of drug-likeness (QED) is 0.871. The molecule has 1 aliphatic carbocycles. The number of imidazole rings is 1. The Balaban J connectivity index is 2.24. The standard InChI is InChI=1S/C11H19N3O2S/c1-8(2)13-17(15,16)9(3)11-12-6-7-14(11)10-4-5-10/h6-10,13H,4-5H2,1-3H3/t9-/m1/s1. The van der Waals surface area contributed by atoms with E-state index in [1.807, 2.05) is 24.6 Å². The second-order valence-corrected chi connectivity index (χ2v) is 6.92. The first-order valence-corrected chi connectivity index (χ1v) is 7.50. The van der Waals surface area contributed by atoms with Crippen molar-refractivity contribution in [3.05, 3.63) is 18.2 Å². The summed E-state index contributed by atoms with van der Waals surface area (Å²) in [7, 11) is -3.34. The van der Waals surface area contributed by atoms with Crippen LogP contribution in [0, 0.1) is 0 Å². The third-order valence-electron chi connectivity index (χ3n) is 2.87. The van der Waals surface area contributed by atoms with Gasteiger partial charge in [-0.1, -0.05) is 0 Å². The number of hydrogen-bond donors (Lipinski definition) is 1. The van der Waals surface area contributed by atoms with Gasteiger partial charge in [0.15, 0.2) is 0 Å². The number of hydrogen-bond acceptors (Lipinski definition) is 3. The number of sulfonamides is 1. The molecule has 1 atom stereocenters. The topological polar surface area (TPSA) is 64.0 Å². The Labute approximate surface area is 102 Å². The molecule has 0 spiro atoms. The molecule has 1 heterocycles. The third kappa shape index (κ3) is 2.69. The van der Waals surface area contributed by atoms with Crippen molar-refractivity contribution in [2.45, 2.75) is 50.9 Å². The molecule has 17 heavy (non-hydrogen) atoms. The molecular weight excluding hydrogens is 238 g/mol. The Kier molecular flexibility index (Phi) is 3.27. The highest BCUT2D eigenvalue weighted by molar-refractivity contribution is 7.89. The van der Waals surface area contributed by atoms with Gasteiger partial charge in [-0.3, -0.25) is 0 Å². The van der Waals surface area contributed by atoms with Gasteiger partial charge in [0.25, 0.3) is 0 Å². The van der Waals surface area contributed by atoms with Crippen molar-refractivity contribution in [3.8, 4) is 0 Å². The van der Waals surface area contributed by atoms with E-state index in [4.69, 9.17) is 0 Å². The van der Waals surface area contributed by atoms with Gasteiger partial charge >= 0.3 is 0 Å². The van der Waals surface area contributed by atoms with Crippen LogP contribution >= 0.6 is 0 Å². The number of aromatic nitrogens is 2. The van der Waals surface area contributed by atoms with Crippen molar-refractivity contribution in [1.82, 2.24) is 14.3 Å². The van der Waals surface area contributed by atoms with Crippen molar-refractivity contribution < 1.29 is 8.42 Å². The molecule has 1 N–H and O–H groups in total. The van der Waals surface area contributed by atoms with Gasteiger partial charge in [-0.2, -0.15) is 0 Å². The Morgan fingerprint density at radius 2 is 2.06 bits per heavy atom. The average Bonchev–Trinajstić information content (AvgIpc) is 2.93. The Morgan fingerprint density at radius 3 is 2.59 bits per heavy atom. The molecule has 5 nitrogen and oxygen atoms in total. The Bertz CT molecular complexity index is 489. The fourth-order valence-corrected chi connectivity index (χ4v) is 3.19. The van der Waals surface area contributed by atoms with E-state index in [0.29, 0.717) is 11.9 Å². The highest BCUT2D eigenvalue weighted by atomic mass is 32.2. The molecular formula is C11H19N3O2S. The first-order valence-electron chi connectivity index (χ1n) is 5.95. The zero-order valence-corrected chi connectivity index (χ0v) is 11.2. The maximum atomic E-state index is 12.1. The fourth-order valence-electron chi connectivity index (χ4n) is 1.87. The molecule has 0 aromatic carbocycles. The zero-order valence-electron chi connectivity index (χ0n) is 10.4. The summed E-state index contributed by atoms with van der Waals surface area (Å²) in [4.78, 5) is 4.19. The highest BCUT2D eigenvalue weighted by Crippen LogP contribution is 2.37. The molecule has 2 rings (SSSR count). The third-order valence-corrected chi connectivity index (χ3v) is 4.81. The van der Waals surface area contributed by atoms with Gasteiger partial charge in [-0.15, -0.1) is 0 Å². The molecule has 0 saturated heterocycles. The van der Waals surface area contributed by atoms with Crippen molar-refractivity contribution in [2.75, 3.05) is 0 Å². The van der Waals surface area contributed by atoms with E-state index < -0.39 is 15.3 Å². The summed E-state index contributed by atoms with van der Waals surface area (Å²) in [5, 5.41) is -0.611. The van der Waals surface area contributed by atoms with E-state index >= 15 is 0 Å². The summed E-state index contributed by atoms with van der Waals surface area (Å²) < 4.78 is 28.7. The van der Waals surface area contributed by atoms with Gasteiger partial charge in [0.2, 0.25) is 10.0 Å². The number of nitrogens with zero attached hydrogens (tertiary/aromatic N) is 2. The van der Waals surface area contributed by atoms with Crippen LogP contribution in [0.15, 0.2) is 12.4 Å². The summed E-state index contributed by atoms with van der Waals surface area (Å²) >= 11 is 0. The lowest BCUT2D eigenvalue weighted by Crippen LogP contribution is -2.34. The molecule has 1 saturated carbocycles. The molecule has 0 amide bonds. The summed E-state index contributed by atoms with van der Waals surface area (Å²) in [6.45, 7) is 5.32. The minimum absolute atomic E-state index is 0.0909. The van der Waals surface area contributed by atoms with Crippen molar-refractivity contribution in [3.63, 3.8) is 0 Å². The van der Waals surface area contributed by atoms with Crippen LogP contribution in [-0.4, -0.2) is 24.0 Å². The van der Waals surface area contributed by atoms with Crippen LogP contribution in [-0.2, 0) is 10.0 Å². The predicted octanol–water partition coefficient (Wildman–Crippen LogP) is 1.61. The van der Waals surface area contributed by atoms with Gasteiger partial charge in [0, 0.05) is 24.5 Å². The van der Waals surface area contributed by atoms with E-state index in [-0.39, 0.29) is 6.04 Å². The molecule has 1 aromatic rings. The summed E-state index contributed by atoms with van der Waals surface area (Å²) in [6, 6.07) is 0.357. The largest absolute Gasteiger partial charge is 0.331 e. The predicted molar refractivity (Wildman–Crippen MR) is 66.1 cm³/mol. The summed E-state index contributed by atoms with van der Waals surface area (Å²) in [6.07, 6.45) is 5.78. The smallest absolute Gasteiger partial charge is 0.221 e. The normalized spacial score (nSPS) is 18.6. The maximum absolute atomic E-state index is 12.1. The number of nitrogens with one attached hydrogen (secondary N) is 1. The molecule has 0 unspecified atom stereocenters. The Hall–Kier alpha value is -0.880. The van der Waals surface area contributed by atoms with Crippen LogP contribution in [0.25, 0.3) is 0 Å². The SMILES string of the molecule is CC(C)NS(=O)(=O)[C@H](C)c1nccn1C1CC1. The minimum atomic E-state index is -3.34. The van der Waals surface area contributed by atoms with E-state index in [1.54, 1.807) is 13.1 Å². The minimum Gasteiger partial charge on any atom is -0.331 e. The molecule has 1 fully saturated rings.